The number of likely N-dealkylation sites (N-methyl/N-ethyl adjacent to an activating group) is 1. The number of nitrogens with one attached hydrogen (secondary N) is 3. The van der Waals surface area contributed by atoms with Gasteiger partial charge in [-0.2, -0.15) is 0 Å². The molecular weight excluding hydrogens is 302 g/mol. The highest BCUT2D eigenvalue weighted by atomic mass is 16.2. The zero-order valence-corrected chi connectivity index (χ0v) is 16.0. The molecule has 1 aromatic carbocycles. The molecule has 1 unspecified atom stereocenters. The Morgan fingerprint density at radius 3 is 2.21 bits per heavy atom. The predicted molar refractivity (Wildman–Crippen MR) is 97.0 cm³/mol. The highest BCUT2D eigenvalue weighted by Crippen LogP contribution is 2.16. The Bertz CT molecular complexity index is 591. The Balaban J connectivity index is 2.50. The second-order valence-corrected chi connectivity index (χ2v) is 7.74. The second kappa shape index (κ2) is 8.29. The first-order chi connectivity index (χ1) is 11.0. The van der Waals surface area contributed by atoms with E-state index in [0.717, 1.165) is 10.5 Å². The lowest BCUT2D eigenvalue weighted by molar-refractivity contribution is -0.862. The summed E-state index contributed by atoms with van der Waals surface area (Å²) >= 11 is 0. The van der Waals surface area contributed by atoms with E-state index in [1.54, 1.807) is 0 Å². The van der Waals surface area contributed by atoms with Crippen LogP contribution in [0.4, 0.5) is 0 Å². The summed E-state index contributed by atoms with van der Waals surface area (Å²) in [6.07, 6.45) is 0. The first kappa shape index (κ1) is 20.2. The van der Waals surface area contributed by atoms with Gasteiger partial charge in [0.25, 0.3) is 11.8 Å². The zero-order chi connectivity index (χ0) is 18.5. The Labute approximate surface area is 145 Å². The third kappa shape index (κ3) is 7.13. The number of amides is 2. The van der Waals surface area contributed by atoms with Crippen LogP contribution in [0.3, 0.4) is 0 Å². The van der Waals surface area contributed by atoms with Gasteiger partial charge in [-0.25, -0.2) is 0 Å². The van der Waals surface area contributed by atoms with E-state index in [1.807, 2.05) is 40.8 Å². The van der Waals surface area contributed by atoms with Crippen molar-refractivity contribution >= 4 is 11.8 Å². The van der Waals surface area contributed by atoms with Crippen LogP contribution in [0.2, 0.25) is 0 Å². The van der Waals surface area contributed by atoms with Crippen LogP contribution in [0, 0.1) is 13.8 Å². The van der Waals surface area contributed by atoms with E-state index in [4.69, 9.17) is 0 Å². The van der Waals surface area contributed by atoms with Crippen LogP contribution < -0.4 is 15.5 Å². The lowest BCUT2D eigenvalue weighted by Gasteiger charge is -2.22. The zero-order valence-electron chi connectivity index (χ0n) is 16.0. The molecule has 0 saturated carbocycles. The number of aryl methyl sites for hydroxylation is 2. The molecule has 0 fully saturated rings. The van der Waals surface area contributed by atoms with Crippen LogP contribution in [0.25, 0.3) is 0 Å². The summed E-state index contributed by atoms with van der Waals surface area (Å²) < 4.78 is 0. The van der Waals surface area contributed by atoms with Gasteiger partial charge in [0.1, 0.15) is 0 Å². The maximum absolute atomic E-state index is 12.2. The monoisotopic (exact) mass is 334 g/mol. The molecule has 1 aromatic rings. The first-order valence-corrected chi connectivity index (χ1v) is 8.47. The van der Waals surface area contributed by atoms with Crippen LogP contribution in [-0.2, 0) is 9.59 Å². The average Bonchev–Trinajstić information content (AvgIpc) is 2.38. The number of benzene rings is 1. The molecule has 2 amide bonds. The molecule has 0 aromatic heterocycles. The lowest BCUT2D eigenvalue weighted by Crippen LogP contribution is -3.11. The minimum absolute atomic E-state index is 0.0463. The molecule has 1 rings (SSSR count). The van der Waals surface area contributed by atoms with Gasteiger partial charge in [0.2, 0.25) is 0 Å². The molecule has 0 radical (unpaired) electrons. The highest BCUT2D eigenvalue weighted by Gasteiger charge is 2.19. The molecule has 24 heavy (non-hydrogen) atoms. The fourth-order valence-electron chi connectivity index (χ4n) is 2.48. The van der Waals surface area contributed by atoms with E-state index >= 15 is 0 Å². The van der Waals surface area contributed by atoms with Crippen molar-refractivity contribution in [2.24, 2.45) is 0 Å². The fraction of sp³-hybridized carbons (Fsp3) is 0.579. The summed E-state index contributed by atoms with van der Waals surface area (Å²) in [7, 11) is 1.85. The maximum Gasteiger partial charge on any atom is 0.275 e. The van der Waals surface area contributed by atoms with Gasteiger partial charge in [0, 0.05) is 5.54 Å². The number of hydrogen-bond acceptors (Lipinski definition) is 2. The summed E-state index contributed by atoms with van der Waals surface area (Å²) in [5, 5.41) is 5.91. The maximum atomic E-state index is 12.2. The SMILES string of the molecule is Cc1ccc([C@@H](C)NC(=O)C[NH+](C)CC(=O)NC(C)(C)C)cc1C. The van der Waals surface area contributed by atoms with Crippen LogP contribution >= 0.6 is 0 Å². The fourth-order valence-corrected chi connectivity index (χ4v) is 2.48. The topological polar surface area (TPSA) is 62.6 Å². The van der Waals surface area contributed by atoms with Crippen molar-refractivity contribution in [2.75, 3.05) is 20.1 Å². The third-order valence-electron chi connectivity index (χ3n) is 3.85. The van der Waals surface area contributed by atoms with E-state index in [9.17, 15) is 9.59 Å². The van der Waals surface area contributed by atoms with Gasteiger partial charge in [-0.1, -0.05) is 18.2 Å². The van der Waals surface area contributed by atoms with Gasteiger partial charge in [-0.15, -0.1) is 0 Å². The van der Waals surface area contributed by atoms with Crippen LogP contribution in [0.15, 0.2) is 18.2 Å². The van der Waals surface area contributed by atoms with Crippen LogP contribution in [0.5, 0.6) is 0 Å². The lowest BCUT2D eigenvalue weighted by atomic mass is 10.0. The number of hydrogen-bond donors (Lipinski definition) is 3. The number of carbonyl (C=O) groups excluding carboxylic acids is 2. The standard InChI is InChI=1S/C19H31N3O2/c1-13-8-9-16(10-14(13)2)15(3)20-17(23)11-22(7)12-18(24)21-19(4,5)6/h8-10,15H,11-12H2,1-7H3,(H,20,23)(H,21,24)/p+1/t15-/m1/s1. The molecular formula is C19H32N3O2+. The van der Waals surface area contributed by atoms with Crippen molar-refractivity contribution in [3.05, 3.63) is 34.9 Å². The Morgan fingerprint density at radius 1 is 1.08 bits per heavy atom. The quantitative estimate of drug-likeness (QED) is 0.724. The van der Waals surface area contributed by atoms with Crippen LogP contribution in [0.1, 0.15) is 50.4 Å². The van der Waals surface area contributed by atoms with Gasteiger partial charge in [-0.05, 0) is 58.2 Å². The minimum atomic E-state index is -0.253. The molecule has 0 bridgehead atoms. The number of carbonyl (C=O) groups is 2. The molecule has 0 saturated heterocycles. The van der Waals surface area contributed by atoms with Crippen molar-refractivity contribution in [1.82, 2.24) is 10.6 Å². The van der Waals surface area contributed by atoms with Crippen molar-refractivity contribution in [2.45, 2.75) is 53.1 Å². The normalized spacial score (nSPS) is 14.0. The van der Waals surface area contributed by atoms with E-state index < -0.39 is 0 Å². The molecule has 0 heterocycles. The smallest absolute Gasteiger partial charge is 0.275 e. The molecule has 3 N–H and O–H groups in total. The molecule has 2 atom stereocenters. The summed E-state index contributed by atoms with van der Waals surface area (Å²) in [5.74, 6) is -0.100. The van der Waals surface area contributed by atoms with E-state index in [2.05, 4.69) is 36.6 Å². The number of rotatable bonds is 6. The van der Waals surface area contributed by atoms with E-state index in [0.29, 0.717) is 0 Å². The molecule has 0 spiro atoms. The van der Waals surface area contributed by atoms with Gasteiger partial charge in [0.15, 0.2) is 13.1 Å². The minimum Gasteiger partial charge on any atom is -0.347 e. The summed E-state index contributed by atoms with van der Waals surface area (Å²) in [6, 6.07) is 6.17. The number of quaternary nitrogens is 1. The highest BCUT2D eigenvalue weighted by molar-refractivity contribution is 5.79. The molecule has 5 heteroatoms. The van der Waals surface area contributed by atoms with Gasteiger partial charge in [0.05, 0.1) is 13.1 Å². The largest absolute Gasteiger partial charge is 0.347 e. The molecule has 5 nitrogen and oxygen atoms in total. The Hall–Kier alpha value is -1.88. The second-order valence-electron chi connectivity index (χ2n) is 7.74. The van der Waals surface area contributed by atoms with Crippen molar-refractivity contribution in [3.8, 4) is 0 Å². The van der Waals surface area contributed by atoms with Crippen molar-refractivity contribution in [1.29, 1.82) is 0 Å². The first-order valence-electron chi connectivity index (χ1n) is 8.47. The van der Waals surface area contributed by atoms with Crippen molar-refractivity contribution < 1.29 is 14.5 Å². The van der Waals surface area contributed by atoms with Gasteiger partial charge in [-0.3, -0.25) is 9.59 Å². The molecule has 134 valence electrons. The average molecular weight is 334 g/mol. The molecule has 0 aliphatic rings. The summed E-state index contributed by atoms with van der Waals surface area (Å²) in [6.45, 7) is 12.5. The summed E-state index contributed by atoms with van der Waals surface area (Å²) in [5.41, 5.74) is 3.30. The Kier molecular flexibility index (Phi) is 6.96. The predicted octanol–water partition coefficient (Wildman–Crippen LogP) is 0.910. The Morgan fingerprint density at radius 2 is 1.67 bits per heavy atom. The third-order valence-corrected chi connectivity index (χ3v) is 3.85. The van der Waals surface area contributed by atoms with Gasteiger partial charge < -0.3 is 15.5 Å². The molecule has 0 aliphatic carbocycles. The molecule has 0 aliphatic heterocycles. The van der Waals surface area contributed by atoms with Crippen LogP contribution in [-0.4, -0.2) is 37.5 Å². The van der Waals surface area contributed by atoms with Crippen molar-refractivity contribution in [3.63, 3.8) is 0 Å². The van der Waals surface area contributed by atoms with E-state index in [1.165, 1.54) is 11.1 Å². The van der Waals surface area contributed by atoms with E-state index in [-0.39, 0.29) is 36.5 Å². The van der Waals surface area contributed by atoms with Gasteiger partial charge >= 0.3 is 0 Å². The summed E-state index contributed by atoms with van der Waals surface area (Å²) in [4.78, 5) is 25.0.